The van der Waals surface area contributed by atoms with Gasteiger partial charge in [-0.15, -0.1) is 0 Å². The van der Waals surface area contributed by atoms with Gasteiger partial charge in [-0.2, -0.15) is 0 Å². The van der Waals surface area contributed by atoms with Gasteiger partial charge in [-0.25, -0.2) is 22.5 Å². The first-order chi connectivity index (χ1) is 8.90. The van der Waals surface area contributed by atoms with Crippen molar-refractivity contribution < 1.29 is 13.2 Å². The van der Waals surface area contributed by atoms with E-state index in [9.17, 15) is 18.0 Å². The first-order valence-corrected chi connectivity index (χ1v) is 5.75. The molecule has 1 heterocycles. The van der Waals surface area contributed by atoms with Crippen LogP contribution in [0, 0.1) is 16.6 Å². The molecule has 0 saturated heterocycles. The predicted octanol–water partition coefficient (Wildman–Crippen LogP) is 2.23. The van der Waals surface area contributed by atoms with E-state index in [1.165, 1.54) is 6.07 Å². The number of alkyl halides is 2. The Hall–Kier alpha value is -2.03. The number of benzene rings is 1. The lowest BCUT2D eigenvalue weighted by Gasteiger charge is -2.05. The van der Waals surface area contributed by atoms with Crippen molar-refractivity contribution in [2.24, 2.45) is 0 Å². The number of hydrogen-bond acceptors (Lipinski definition) is 4. The van der Waals surface area contributed by atoms with Gasteiger partial charge in [-0.3, -0.25) is 10.8 Å². The van der Waals surface area contributed by atoms with Crippen LogP contribution in [0.25, 0.3) is 11.0 Å². The highest BCUT2D eigenvalue weighted by molar-refractivity contribution is 8.26. The summed E-state index contributed by atoms with van der Waals surface area (Å²) in [5.74, 6) is -0.569. The van der Waals surface area contributed by atoms with Crippen LogP contribution in [0.3, 0.4) is 0 Å². The number of imidazole rings is 1. The molecule has 0 aliphatic carbocycles. The van der Waals surface area contributed by atoms with E-state index in [0.29, 0.717) is 0 Å². The van der Waals surface area contributed by atoms with E-state index in [0.717, 1.165) is 16.7 Å². The zero-order valence-corrected chi connectivity index (χ0v) is 10.0. The summed E-state index contributed by atoms with van der Waals surface area (Å²) >= 11 is 0.164. The number of nitrogens with one attached hydrogen (secondary N) is 3. The fourth-order valence-electron chi connectivity index (χ4n) is 1.48. The molecule has 9 heteroatoms. The summed E-state index contributed by atoms with van der Waals surface area (Å²) in [7, 11) is 0. The molecule has 3 N–H and O–H groups in total. The summed E-state index contributed by atoms with van der Waals surface area (Å²) in [5.41, 5.74) is -0.412. The first-order valence-electron chi connectivity index (χ1n) is 4.94. The molecular formula is C10H7F3N4OS. The van der Waals surface area contributed by atoms with Gasteiger partial charge < -0.3 is 4.98 Å². The summed E-state index contributed by atoms with van der Waals surface area (Å²) in [6.45, 7) is 0. The van der Waals surface area contributed by atoms with Gasteiger partial charge in [-0.05, 0) is 30.0 Å². The quantitative estimate of drug-likeness (QED) is 0.555. The zero-order chi connectivity index (χ0) is 14.2. The number of nitrogens with zero attached hydrogens (tertiary/aromatic N) is 1. The first kappa shape index (κ1) is 13.4. The van der Waals surface area contributed by atoms with E-state index in [-0.39, 0.29) is 22.8 Å². The van der Waals surface area contributed by atoms with Gasteiger partial charge in [0.25, 0.3) is 6.43 Å². The van der Waals surface area contributed by atoms with Crippen LogP contribution in [0.2, 0.25) is 0 Å². The standard InChI is InChI=1S/C10H7F3N4OS/c11-4-1-2-6-5(3-4)16-10(18)17(6)9(15)19-8(14)7(12)13/h1-3,7,14-15H,(H,16,18). The lowest BCUT2D eigenvalue weighted by molar-refractivity contribution is 0.228. The molecule has 1 aromatic carbocycles. The number of rotatable bonds is 1. The van der Waals surface area contributed by atoms with Crippen molar-refractivity contribution in [3.8, 4) is 0 Å². The smallest absolute Gasteiger partial charge is 0.305 e. The second-order valence-corrected chi connectivity index (χ2v) is 4.53. The van der Waals surface area contributed by atoms with Crippen LogP contribution < -0.4 is 5.69 Å². The van der Waals surface area contributed by atoms with Gasteiger partial charge in [0.05, 0.1) is 11.0 Å². The average molecular weight is 288 g/mol. The van der Waals surface area contributed by atoms with Crippen LogP contribution >= 0.6 is 11.8 Å². The number of fused-ring (bicyclic) bond motifs is 1. The largest absolute Gasteiger partial charge is 0.332 e. The summed E-state index contributed by atoms with van der Waals surface area (Å²) in [4.78, 5) is 13.9. The Balaban J connectivity index is 2.45. The SMILES string of the molecule is N=C(SC(=N)n1c(=O)[nH]c2cc(F)ccc21)C(F)F. The maximum Gasteiger partial charge on any atom is 0.332 e. The molecule has 100 valence electrons. The fraction of sp³-hybridized carbons (Fsp3) is 0.100. The third kappa shape index (κ3) is 2.55. The van der Waals surface area contributed by atoms with Crippen molar-refractivity contribution in [3.63, 3.8) is 0 Å². The van der Waals surface area contributed by atoms with Crippen molar-refractivity contribution in [2.75, 3.05) is 0 Å². The van der Waals surface area contributed by atoms with Crippen molar-refractivity contribution in [1.82, 2.24) is 9.55 Å². The summed E-state index contributed by atoms with van der Waals surface area (Å²) in [6.07, 6.45) is -3.01. The molecule has 0 amide bonds. The maximum absolute atomic E-state index is 13.0. The van der Waals surface area contributed by atoms with Gasteiger partial charge in [0.2, 0.25) is 0 Å². The molecule has 0 fully saturated rings. The number of halogens is 3. The highest BCUT2D eigenvalue weighted by atomic mass is 32.2. The topological polar surface area (TPSA) is 85.5 Å². The van der Waals surface area contributed by atoms with E-state index in [1.807, 2.05) is 0 Å². The van der Waals surface area contributed by atoms with Crippen LogP contribution in [-0.4, -0.2) is 26.2 Å². The Labute approximate surface area is 108 Å². The molecule has 0 atom stereocenters. The van der Waals surface area contributed by atoms with Crippen molar-refractivity contribution in [1.29, 1.82) is 10.8 Å². The van der Waals surface area contributed by atoms with Crippen LogP contribution in [0.1, 0.15) is 0 Å². The number of aromatic nitrogens is 2. The lowest BCUT2D eigenvalue weighted by Crippen LogP contribution is -2.23. The molecule has 2 aromatic rings. The van der Waals surface area contributed by atoms with E-state index in [2.05, 4.69) is 4.98 Å². The maximum atomic E-state index is 13.0. The Morgan fingerprint density at radius 1 is 1.37 bits per heavy atom. The van der Waals surface area contributed by atoms with E-state index >= 15 is 0 Å². The Morgan fingerprint density at radius 3 is 2.68 bits per heavy atom. The monoisotopic (exact) mass is 288 g/mol. The number of thioether (sulfide) groups is 1. The van der Waals surface area contributed by atoms with Crippen LogP contribution in [0.4, 0.5) is 13.2 Å². The van der Waals surface area contributed by atoms with Gasteiger partial charge >= 0.3 is 5.69 Å². The lowest BCUT2D eigenvalue weighted by atomic mass is 10.3. The van der Waals surface area contributed by atoms with Crippen LogP contribution in [-0.2, 0) is 0 Å². The third-order valence-electron chi connectivity index (χ3n) is 2.25. The van der Waals surface area contributed by atoms with E-state index in [1.54, 1.807) is 0 Å². The van der Waals surface area contributed by atoms with Gasteiger partial charge in [0.1, 0.15) is 10.9 Å². The number of hydrogen-bond donors (Lipinski definition) is 3. The molecule has 0 radical (unpaired) electrons. The fourth-order valence-corrected chi connectivity index (χ4v) is 2.05. The predicted molar refractivity (Wildman–Crippen MR) is 67.0 cm³/mol. The molecule has 1 aromatic heterocycles. The van der Waals surface area contributed by atoms with E-state index in [4.69, 9.17) is 10.8 Å². The highest BCUT2D eigenvalue weighted by Crippen LogP contribution is 2.17. The van der Waals surface area contributed by atoms with Crippen molar-refractivity contribution >= 4 is 33.0 Å². The number of aromatic amines is 1. The molecular weight excluding hydrogens is 281 g/mol. The van der Waals surface area contributed by atoms with Gasteiger partial charge in [0, 0.05) is 0 Å². The summed E-state index contributed by atoms with van der Waals surface area (Å²) in [6, 6.07) is 3.40. The second kappa shape index (κ2) is 4.92. The number of H-pyrrole nitrogens is 1. The van der Waals surface area contributed by atoms with Crippen molar-refractivity contribution in [3.05, 3.63) is 34.5 Å². The average Bonchev–Trinajstić information content (AvgIpc) is 2.63. The molecule has 5 nitrogen and oxygen atoms in total. The normalized spacial score (nSPS) is 11.2. The minimum absolute atomic E-state index is 0.152. The zero-order valence-electron chi connectivity index (χ0n) is 9.21. The summed E-state index contributed by atoms with van der Waals surface area (Å²) in [5, 5.41) is 13.0. The Bertz CT molecular complexity index is 721. The van der Waals surface area contributed by atoms with E-state index < -0.39 is 28.1 Å². The third-order valence-corrected chi connectivity index (χ3v) is 3.03. The molecule has 0 aliphatic rings. The van der Waals surface area contributed by atoms with Crippen molar-refractivity contribution in [2.45, 2.75) is 6.43 Å². The molecule has 0 spiro atoms. The Kier molecular flexibility index (Phi) is 3.47. The molecule has 2 rings (SSSR count). The van der Waals surface area contributed by atoms with Crippen LogP contribution in [0.5, 0.6) is 0 Å². The van der Waals surface area contributed by atoms with Crippen LogP contribution in [0.15, 0.2) is 23.0 Å². The molecule has 0 bridgehead atoms. The molecule has 0 unspecified atom stereocenters. The minimum Gasteiger partial charge on any atom is -0.305 e. The van der Waals surface area contributed by atoms with Gasteiger partial charge in [0.15, 0.2) is 5.17 Å². The van der Waals surface area contributed by atoms with Gasteiger partial charge in [-0.1, -0.05) is 0 Å². The summed E-state index contributed by atoms with van der Waals surface area (Å²) < 4.78 is 38.2. The highest BCUT2D eigenvalue weighted by Gasteiger charge is 2.18. The molecule has 19 heavy (non-hydrogen) atoms. The molecule has 0 saturated carbocycles. The molecule has 0 aliphatic heterocycles. The minimum atomic E-state index is -3.01. The Morgan fingerprint density at radius 2 is 2.05 bits per heavy atom. The second-order valence-electron chi connectivity index (χ2n) is 3.50.